The lowest BCUT2D eigenvalue weighted by Gasteiger charge is -2.31. The molecule has 1 aliphatic rings. The second-order valence-corrected chi connectivity index (χ2v) is 9.86. The highest BCUT2D eigenvalue weighted by Crippen LogP contribution is 2.33. The predicted molar refractivity (Wildman–Crippen MR) is 125 cm³/mol. The van der Waals surface area contributed by atoms with Crippen molar-refractivity contribution in [3.05, 3.63) is 81.6 Å². The molecule has 0 spiro atoms. The first-order chi connectivity index (χ1) is 14.9. The lowest BCUT2D eigenvalue weighted by atomic mass is 9.93. The van der Waals surface area contributed by atoms with Gasteiger partial charge in [0.05, 0.1) is 16.3 Å². The highest BCUT2D eigenvalue weighted by Gasteiger charge is 2.27. The molecule has 2 aromatic heterocycles. The lowest BCUT2D eigenvalue weighted by molar-refractivity contribution is 0.0712. The van der Waals surface area contributed by atoms with Gasteiger partial charge in [-0.15, -0.1) is 11.3 Å². The SMILES string of the molecule is CC(C)(C)c1csc(C2CCN(C(=O)c3cncc(C#Cc4ccccc4)c3)CC2)n1. The van der Waals surface area contributed by atoms with Crippen molar-refractivity contribution in [1.82, 2.24) is 14.9 Å². The molecular weight excluding hydrogens is 402 g/mol. The molecule has 158 valence electrons. The molecule has 1 saturated heterocycles. The predicted octanol–water partition coefficient (Wildman–Crippen LogP) is 5.26. The Balaban J connectivity index is 1.40. The molecular formula is C26H27N3OS. The maximum absolute atomic E-state index is 13.0. The van der Waals surface area contributed by atoms with Crippen LogP contribution in [0.4, 0.5) is 0 Å². The zero-order chi connectivity index (χ0) is 21.8. The van der Waals surface area contributed by atoms with Gasteiger partial charge in [0, 0.05) is 53.3 Å². The van der Waals surface area contributed by atoms with E-state index >= 15 is 0 Å². The number of pyridine rings is 1. The zero-order valence-corrected chi connectivity index (χ0v) is 19.1. The molecule has 4 rings (SSSR count). The molecule has 1 fully saturated rings. The van der Waals surface area contributed by atoms with Crippen LogP contribution in [0.3, 0.4) is 0 Å². The van der Waals surface area contributed by atoms with Crippen LogP contribution < -0.4 is 0 Å². The van der Waals surface area contributed by atoms with Gasteiger partial charge in [-0.2, -0.15) is 0 Å². The van der Waals surface area contributed by atoms with Crippen molar-refractivity contribution in [2.75, 3.05) is 13.1 Å². The van der Waals surface area contributed by atoms with Crippen LogP contribution in [-0.4, -0.2) is 33.9 Å². The number of carbonyl (C=O) groups excluding carboxylic acids is 1. The average Bonchev–Trinajstić information content (AvgIpc) is 3.29. The Morgan fingerprint density at radius 3 is 2.45 bits per heavy atom. The van der Waals surface area contributed by atoms with Gasteiger partial charge in [-0.1, -0.05) is 50.8 Å². The number of thiazole rings is 1. The first-order valence-electron chi connectivity index (χ1n) is 10.7. The number of aromatic nitrogens is 2. The highest BCUT2D eigenvalue weighted by molar-refractivity contribution is 7.09. The van der Waals surface area contributed by atoms with E-state index in [0.717, 1.165) is 42.8 Å². The minimum Gasteiger partial charge on any atom is -0.339 e. The Bertz CT molecular complexity index is 1110. The van der Waals surface area contributed by atoms with E-state index in [0.29, 0.717) is 11.5 Å². The molecule has 0 aliphatic carbocycles. The van der Waals surface area contributed by atoms with Gasteiger partial charge in [0.1, 0.15) is 0 Å². The van der Waals surface area contributed by atoms with E-state index in [1.807, 2.05) is 41.3 Å². The van der Waals surface area contributed by atoms with Crippen LogP contribution >= 0.6 is 11.3 Å². The summed E-state index contributed by atoms with van der Waals surface area (Å²) in [6.07, 6.45) is 5.24. The largest absolute Gasteiger partial charge is 0.339 e. The Kier molecular flexibility index (Phi) is 6.20. The van der Waals surface area contributed by atoms with E-state index in [9.17, 15) is 4.79 Å². The molecule has 0 bridgehead atoms. The first kappa shape index (κ1) is 21.3. The van der Waals surface area contributed by atoms with Crippen molar-refractivity contribution in [3.63, 3.8) is 0 Å². The molecule has 0 saturated carbocycles. The van der Waals surface area contributed by atoms with Crippen molar-refractivity contribution in [1.29, 1.82) is 0 Å². The zero-order valence-electron chi connectivity index (χ0n) is 18.3. The molecule has 3 aromatic rings. The van der Waals surface area contributed by atoms with Crippen LogP contribution in [0.2, 0.25) is 0 Å². The average molecular weight is 430 g/mol. The maximum Gasteiger partial charge on any atom is 0.255 e. The Morgan fingerprint density at radius 2 is 1.77 bits per heavy atom. The maximum atomic E-state index is 13.0. The van der Waals surface area contributed by atoms with Gasteiger partial charge in [-0.05, 0) is 31.0 Å². The summed E-state index contributed by atoms with van der Waals surface area (Å²) in [6, 6.07) is 11.7. The van der Waals surface area contributed by atoms with Gasteiger partial charge in [-0.3, -0.25) is 9.78 Å². The minimum atomic E-state index is 0.0313. The fourth-order valence-electron chi connectivity index (χ4n) is 3.62. The van der Waals surface area contributed by atoms with Gasteiger partial charge in [-0.25, -0.2) is 4.98 Å². The molecule has 0 atom stereocenters. The van der Waals surface area contributed by atoms with E-state index in [-0.39, 0.29) is 11.3 Å². The fraction of sp³-hybridized carbons (Fsp3) is 0.346. The molecule has 31 heavy (non-hydrogen) atoms. The smallest absolute Gasteiger partial charge is 0.255 e. The Labute approximate surface area is 188 Å². The molecule has 0 radical (unpaired) electrons. The molecule has 4 nitrogen and oxygen atoms in total. The van der Waals surface area contributed by atoms with Crippen molar-refractivity contribution in [3.8, 4) is 11.8 Å². The van der Waals surface area contributed by atoms with Crippen molar-refractivity contribution >= 4 is 17.2 Å². The third kappa shape index (κ3) is 5.21. The van der Waals surface area contributed by atoms with Crippen LogP contribution in [0.25, 0.3) is 0 Å². The summed E-state index contributed by atoms with van der Waals surface area (Å²) in [5.41, 5.74) is 3.53. The summed E-state index contributed by atoms with van der Waals surface area (Å²) in [4.78, 5) is 24.1. The second kappa shape index (κ2) is 9.03. The molecule has 3 heterocycles. The van der Waals surface area contributed by atoms with Crippen LogP contribution in [0.15, 0.2) is 54.2 Å². The molecule has 0 unspecified atom stereocenters. The van der Waals surface area contributed by atoms with E-state index < -0.39 is 0 Å². The van der Waals surface area contributed by atoms with Crippen LogP contribution in [0.5, 0.6) is 0 Å². The number of piperidine rings is 1. The third-order valence-corrected chi connectivity index (χ3v) is 6.54. The first-order valence-corrected chi connectivity index (χ1v) is 11.6. The number of amides is 1. The van der Waals surface area contributed by atoms with E-state index in [1.165, 1.54) is 5.01 Å². The summed E-state index contributed by atoms with van der Waals surface area (Å²) in [5.74, 6) is 6.70. The van der Waals surface area contributed by atoms with Crippen molar-refractivity contribution < 1.29 is 4.79 Å². The number of hydrogen-bond donors (Lipinski definition) is 0. The number of carbonyl (C=O) groups is 1. The van der Waals surface area contributed by atoms with Gasteiger partial charge in [0.25, 0.3) is 5.91 Å². The number of benzene rings is 1. The molecule has 1 aliphatic heterocycles. The van der Waals surface area contributed by atoms with Gasteiger partial charge in [0.15, 0.2) is 0 Å². The van der Waals surface area contributed by atoms with Crippen molar-refractivity contribution in [2.24, 2.45) is 0 Å². The van der Waals surface area contributed by atoms with Gasteiger partial charge >= 0.3 is 0 Å². The minimum absolute atomic E-state index is 0.0313. The second-order valence-electron chi connectivity index (χ2n) is 8.97. The van der Waals surface area contributed by atoms with Crippen molar-refractivity contribution in [2.45, 2.75) is 44.9 Å². The topological polar surface area (TPSA) is 46.1 Å². The third-order valence-electron chi connectivity index (χ3n) is 5.53. The number of likely N-dealkylation sites (tertiary alicyclic amines) is 1. The Hall–Kier alpha value is -2.97. The number of hydrogen-bond acceptors (Lipinski definition) is 4. The summed E-state index contributed by atoms with van der Waals surface area (Å²) in [6.45, 7) is 8.07. The molecule has 5 heteroatoms. The van der Waals surface area contributed by atoms with E-state index in [2.05, 4.69) is 43.0 Å². The fourth-order valence-corrected chi connectivity index (χ4v) is 4.84. The van der Waals surface area contributed by atoms with Gasteiger partial charge in [0.2, 0.25) is 0 Å². The number of nitrogens with zero attached hydrogens (tertiary/aromatic N) is 3. The quantitative estimate of drug-likeness (QED) is 0.522. The number of rotatable bonds is 2. The highest BCUT2D eigenvalue weighted by atomic mass is 32.1. The Morgan fingerprint density at radius 1 is 1.06 bits per heavy atom. The summed E-state index contributed by atoms with van der Waals surface area (Å²) >= 11 is 1.75. The normalized spacial score (nSPS) is 14.7. The summed E-state index contributed by atoms with van der Waals surface area (Å²) < 4.78 is 0. The molecule has 0 N–H and O–H groups in total. The summed E-state index contributed by atoms with van der Waals surface area (Å²) in [5, 5.41) is 3.39. The van der Waals surface area contributed by atoms with Gasteiger partial charge < -0.3 is 4.90 Å². The van der Waals surface area contributed by atoms with Crippen LogP contribution in [0.1, 0.15) is 71.7 Å². The van der Waals surface area contributed by atoms with Crippen LogP contribution in [0, 0.1) is 11.8 Å². The molecule has 1 amide bonds. The lowest BCUT2D eigenvalue weighted by Crippen LogP contribution is -2.38. The van der Waals surface area contributed by atoms with Crippen LogP contribution in [-0.2, 0) is 5.41 Å². The van der Waals surface area contributed by atoms with E-state index in [1.54, 1.807) is 23.7 Å². The summed E-state index contributed by atoms with van der Waals surface area (Å²) in [7, 11) is 0. The standard InChI is InChI=1S/C26H27N3OS/c1-26(2,3)23-18-31-24(28-23)21-11-13-29(14-12-21)25(30)22-15-20(16-27-17-22)10-9-19-7-5-4-6-8-19/h4-8,15-18,21H,11-14H2,1-3H3. The van der Waals surface area contributed by atoms with E-state index in [4.69, 9.17) is 4.98 Å². The monoisotopic (exact) mass is 429 g/mol. The molecule has 1 aromatic carbocycles.